The van der Waals surface area contributed by atoms with Gasteiger partial charge in [0, 0.05) is 24.3 Å². The first-order valence-electron chi connectivity index (χ1n) is 9.12. The van der Waals surface area contributed by atoms with E-state index >= 15 is 0 Å². The van der Waals surface area contributed by atoms with Crippen LogP contribution in [-0.2, 0) is 4.79 Å². The number of hydrogen-bond acceptors (Lipinski definition) is 4. The average Bonchev–Trinajstić information content (AvgIpc) is 2.59. The van der Waals surface area contributed by atoms with Crippen LogP contribution in [-0.4, -0.2) is 21.9 Å². The van der Waals surface area contributed by atoms with Crippen LogP contribution in [0.4, 0.5) is 0 Å². The van der Waals surface area contributed by atoms with Gasteiger partial charge in [0.25, 0.3) is 0 Å². The molecule has 1 aromatic rings. The lowest BCUT2D eigenvalue weighted by Gasteiger charge is -2.49. The van der Waals surface area contributed by atoms with E-state index in [-0.39, 0.29) is 28.8 Å². The molecule has 4 rings (SSSR count). The smallest absolute Gasteiger partial charge is 0.308 e. The maximum Gasteiger partial charge on any atom is 0.308 e. The van der Waals surface area contributed by atoms with E-state index in [0.29, 0.717) is 17.9 Å². The van der Waals surface area contributed by atoms with Gasteiger partial charge in [0.05, 0.1) is 5.56 Å². The number of hydrogen-bond donors (Lipinski definition) is 0. The van der Waals surface area contributed by atoms with Crippen LogP contribution < -0.4 is 4.74 Å². The molecule has 3 aliphatic carbocycles. The van der Waals surface area contributed by atoms with Crippen LogP contribution >= 0.6 is 15.9 Å². The predicted octanol–water partition coefficient (Wildman–Crippen LogP) is 4.51. The first-order valence-corrected chi connectivity index (χ1v) is 9.91. The Balaban J connectivity index is 1.85. The fraction of sp³-hybridized carbons (Fsp3) is 0.476. The van der Waals surface area contributed by atoms with Gasteiger partial charge in [0.2, 0.25) is 0 Å². The quantitative estimate of drug-likeness (QED) is 0.292. The Morgan fingerprint density at radius 1 is 1.23 bits per heavy atom. The molecule has 136 valence electrons. The first kappa shape index (κ1) is 17.7. The van der Waals surface area contributed by atoms with Gasteiger partial charge in [0.15, 0.2) is 11.6 Å². The van der Waals surface area contributed by atoms with Crippen LogP contribution in [0.5, 0.6) is 5.75 Å². The van der Waals surface area contributed by atoms with Gasteiger partial charge in [-0.1, -0.05) is 46.6 Å². The summed E-state index contributed by atoms with van der Waals surface area (Å²) in [7, 11) is 0. The molecular weight excluding hydrogens is 396 g/mol. The molecule has 0 aromatic heterocycles. The van der Waals surface area contributed by atoms with Crippen molar-refractivity contribution >= 4 is 33.5 Å². The Morgan fingerprint density at radius 2 is 2.00 bits per heavy atom. The molecule has 0 radical (unpaired) electrons. The number of ketones is 2. The molecule has 4 atom stereocenters. The summed E-state index contributed by atoms with van der Waals surface area (Å²) >= 11 is 3.77. The van der Waals surface area contributed by atoms with Crippen molar-refractivity contribution in [3.8, 4) is 5.75 Å². The third kappa shape index (κ3) is 2.43. The summed E-state index contributed by atoms with van der Waals surface area (Å²) in [6.07, 6.45) is 5.67. The molecule has 1 aromatic carbocycles. The van der Waals surface area contributed by atoms with E-state index < -0.39 is 16.2 Å². The van der Waals surface area contributed by atoms with Crippen molar-refractivity contribution in [1.29, 1.82) is 0 Å². The van der Waals surface area contributed by atoms with Gasteiger partial charge in [-0.3, -0.25) is 14.4 Å². The average molecular weight is 417 g/mol. The van der Waals surface area contributed by atoms with Gasteiger partial charge in [-0.15, -0.1) is 0 Å². The Hall–Kier alpha value is -1.75. The third-order valence-electron chi connectivity index (χ3n) is 6.05. The topological polar surface area (TPSA) is 60.4 Å². The highest BCUT2D eigenvalue weighted by molar-refractivity contribution is 9.10. The second kappa shape index (κ2) is 6.15. The number of ether oxygens (including phenoxy) is 1. The molecule has 0 N–H and O–H groups in total. The van der Waals surface area contributed by atoms with E-state index in [2.05, 4.69) is 28.9 Å². The lowest BCUT2D eigenvalue weighted by atomic mass is 9.59. The summed E-state index contributed by atoms with van der Waals surface area (Å²) in [5.74, 6) is -0.266. The monoisotopic (exact) mass is 416 g/mol. The Kier molecular flexibility index (Phi) is 4.18. The van der Waals surface area contributed by atoms with E-state index in [1.165, 1.54) is 12.5 Å². The fourth-order valence-electron chi connectivity index (χ4n) is 4.88. The number of benzene rings is 1. The second-order valence-electron chi connectivity index (χ2n) is 7.74. The van der Waals surface area contributed by atoms with Gasteiger partial charge >= 0.3 is 5.97 Å². The van der Waals surface area contributed by atoms with Crippen LogP contribution in [0, 0.1) is 17.8 Å². The lowest BCUT2D eigenvalue weighted by Crippen LogP contribution is -2.56. The summed E-state index contributed by atoms with van der Waals surface area (Å²) in [6.45, 7) is 3.53. The molecule has 0 amide bonds. The summed E-state index contributed by atoms with van der Waals surface area (Å²) in [4.78, 5) is 38.3. The predicted molar refractivity (Wildman–Crippen MR) is 101 cm³/mol. The standard InChI is InChI=1S/C21H21BrO4/c1-11-6-8-15-13(10-11)7-9-16-19(24)18-14(20(25)21(15,16)22)4-3-5-17(18)26-12(2)23/h3-5,7,11,15-16H,6,8-10H2,1-2H3/t11-,15+,16-,21-/m0/s1. The van der Waals surface area contributed by atoms with E-state index in [9.17, 15) is 14.4 Å². The van der Waals surface area contributed by atoms with Crippen LogP contribution in [0.2, 0.25) is 0 Å². The Morgan fingerprint density at radius 3 is 2.73 bits per heavy atom. The number of carbonyl (C=O) groups excluding carboxylic acids is 3. The Bertz CT molecular complexity index is 856. The van der Waals surface area contributed by atoms with Crippen molar-refractivity contribution < 1.29 is 19.1 Å². The summed E-state index contributed by atoms with van der Waals surface area (Å²) in [6, 6.07) is 4.92. The molecule has 5 heteroatoms. The summed E-state index contributed by atoms with van der Waals surface area (Å²) < 4.78 is 4.34. The van der Waals surface area contributed by atoms with Crippen LogP contribution in [0.1, 0.15) is 60.2 Å². The molecular formula is C21H21BrO4. The number of halogens is 1. The largest absolute Gasteiger partial charge is 0.426 e. The fourth-order valence-corrected chi connectivity index (χ4v) is 6.01. The SMILES string of the molecule is CC(=O)Oc1cccc2c1C(=O)[C@@H]1CC=C3C[C@@H](C)CC[C@H]3[C@@]1(Br)C2=O. The van der Waals surface area contributed by atoms with Gasteiger partial charge in [-0.05, 0) is 37.7 Å². The molecule has 3 aliphatic rings. The van der Waals surface area contributed by atoms with Gasteiger partial charge < -0.3 is 4.74 Å². The minimum Gasteiger partial charge on any atom is -0.426 e. The summed E-state index contributed by atoms with van der Waals surface area (Å²) in [5.41, 5.74) is 1.92. The number of carbonyl (C=O) groups is 3. The maximum atomic E-state index is 13.5. The van der Waals surface area contributed by atoms with Crippen molar-refractivity contribution in [2.75, 3.05) is 0 Å². The molecule has 1 fully saturated rings. The molecule has 4 nitrogen and oxygen atoms in total. The van der Waals surface area contributed by atoms with Crippen LogP contribution in [0.3, 0.4) is 0 Å². The van der Waals surface area contributed by atoms with Crippen molar-refractivity contribution in [2.45, 2.75) is 43.9 Å². The van der Waals surface area contributed by atoms with Crippen LogP contribution in [0.15, 0.2) is 29.8 Å². The number of rotatable bonds is 1. The molecule has 1 saturated carbocycles. The van der Waals surface area contributed by atoms with Crippen molar-refractivity contribution in [3.63, 3.8) is 0 Å². The minimum absolute atomic E-state index is 0.0550. The van der Waals surface area contributed by atoms with E-state index in [1.807, 2.05) is 0 Å². The molecule has 0 saturated heterocycles. The van der Waals surface area contributed by atoms with Crippen LogP contribution in [0.25, 0.3) is 0 Å². The zero-order valence-electron chi connectivity index (χ0n) is 14.9. The van der Waals surface area contributed by atoms with Crippen molar-refractivity contribution in [3.05, 3.63) is 41.0 Å². The van der Waals surface area contributed by atoms with E-state index in [1.54, 1.807) is 18.2 Å². The third-order valence-corrected chi connectivity index (χ3v) is 7.51. The lowest BCUT2D eigenvalue weighted by molar-refractivity contribution is -0.131. The normalized spacial score (nSPS) is 32.9. The minimum atomic E-state index is -0.879. The number of esters is 1. The number of allylic oxidation sites excluding steroid dienone is 2. The highest BCUT2D eigenvalue weighted by Gasteiger charge is 2.59. The molecule has 0 aliphatic heterocycles. The van der Waals surface area contributed by atoms with E-state index in [4.69, 9.17) is 4.74 Å². The zero-order valence-corrected chi connectivity index (χ0v) is 16.5. The van der Waals surface area contributed by atoms with Crippen molar-refractivity contribution in [2.24, 2.45) is 17.8 Å². The Labute approximate surface area is 161 Å². The second-order valence-corrected chi connectivity index (χ2v) is 9.05. The van der Waals surface area contributed by atoms with E-state index in [0.717, 1.165) is 19.3 Å². The highest BCUT2D eigenvalue weighted by atomic mass is 79.9. The highest BCUT2D eigenvalue weighted by Crippen LogP contribution is 2.56. The summed E-state index contributed by atoms with van der Waals surface area (Å²) in [5, 5.41) is 0. The maximum absolute atomic E-state index is 13.5. The van der Waals surface area contributed by atoms with Gasteiger partial charge in [-0.25, -0.2) is 0 Å². The number of Topliss-reactive ketones (excluding diaryl/α,β-unsaturated/α-hetero) is 2. The number of fused-ring (bicyclic) bond motifs is 4. The first-order chi connectivity index (χ1) is 12.3. The molecule has 26 heavy (non-hydrogen) atoms. The molecule has 0 heterocycles. The zero-order chi connectivity index (χ0) is 18.6. The van der Waals surface area contributed by atoms with Gasteiger partial charge in [-0.2, -0.15) is 0 Å². The number of alkyl halides is 1. The van der Waals surface area contributed by atoms with Crippen molar-refractivity contribution in [1.82, 2.24) is 0 Å². The molecule has 0 bridgehead atoms. The molecule has 0 spiro atoms. The van der Waals surface area contributed by atoms with Gasteiger partial charge in [0.1, 0.15) is 10.1 Å². The molecule has 0 unspecified atom stereocenters.